The highest BCUT2D eigenvalue weighted by Crippen LogP contribution is 2.25. The van der Waals surface area contributed by atoms with E-state index in [4.69, 9.17) is 4.42 Å². The Labute approximate surface area is 104 Å². The van der Waals surface area contributed by atoms with Gasteiger partial charge >= 0.3 is 0 Å². The lowest BCUT2D eigenvalue weighted by Gasteiger charge is -2.21. The molecule has 1 N–H and O–H groups in total. The van der Waals surface area contributed by atoms with Crippen LogP contribution in [0.4, 0.5) is 0 Å². The summed E-state index contributed by atoms with van der Waals surface area (Å²) < 4.78 is 5.55. The first-order valence-electron chi connectivity index (χ1n) is 7.02. The van der Waals surface area contributed by atoms with E-state index in [0.29, 0.717) is 0 Å². The first-order valence-corrected chi connectivity index (χ1v) is 7.02. The summed E-state index contributed by atoms with van der Waals surface area (Å²) in [5, 5.41) is 3.43. The maximum atomic E-state index is 5.55. The third-order valence-electron chi connectivity index (χ3n) is 3.68. The van der Waals surface area contributed by atoms with Gasteiger partial charge in [-0.1, -0.05) is 39.0 Å². The smallest absolute Gasteiger partial charge is 0.208 e. The van der Waals surface area contributed by atoms with E-state index >= 15 is 0 Å². The monoisotopic (exact) mass is 236 g/mol. The molecule has 0 radical (unpaired) electrons. The molecule has 0 amide bonds. The van der Waals surface area contributed by atoms with Crippen molar-refractivity contribution >= 4 is 0 Å². The fraction of sp³-hybridized carbons (Fsp3) is 0.786. The molecular weight excluding hydrogens is 212 g/mol. The largest absolute Gasteiger partial charge is 0.444 e. The van der Waals surface area contributed by atoms with Gasteiger partial charge in [-0.2, -0.15) is 0 Å². The highest BCUT2D eigenvalue weighted by Gasteiger charge is 2.12. The number of aryl methyl sites for hydroxylation is 1. The standard InChI is InChI=1S/C14H24N2O/c1-2-13-10-16-14(17-13)11-15-9-8-12-6-4-3-5-7-12/h10,12,15H,2-9,11H2,1H3. The van der Waals surface area contributed by atoms with Crippen molar-refractivity contribution in [2.75, 3.05) is 6.54 Å². The molecule has 17 heavy (non-hydrogen) atoms. The average molecular weight is 236 g/mol. The van der Waals surface area contributed by atoms with Gasteiger partial charge in [-0.15, -0.1) is 0 Å². The van der Waals surface area contributed by atoms with Gasteiger partial charge in [0, 0.05) is 6.42 Å². The molecule has 96 valence electrons. The minimum atomic E-state index is 0.771. The zero-order chi connectivity index (χ0) is 11.9. The van der Waals surface area contributed by atoms with Crippen molar-refractivity contribution in [2.24, 2.45) is 5.92 Å². The number of aromatic nitrogens is 1. The van der Waals surface area contributed by atoms with Crippen LogP contribution in [0.15, 0.2) is 10.6 Å². The van der Waals surface area contributed by atoms with Gasteiger partial charge in [0.1, 0.15) is 5.76 Å². The van der Waals surface area contributed by atoms with Crippen molar-refractivity contribution in [3.8, 4) is 0 Å². The molecule has 1 saturated carbocycles. The predicted molar refractivity (Wildman–Crippen MR) is 68.8 cm³/mol. The Morgan fingerprint density at radius 2 is 2.18 bits per heavy atom. The fourth-order valence-electron chi connectivity index (χ4n) is 2.57. The van der Waals surface area contributed by atoms with Crippen molar-refractivity contribution in [3.63, 3.8) is 0 Å². The van der Waals surface area contributed by atoms with Crippen LogP contribution in [0.2, 0.25) is 0 Å². The molecule has 3 nitrogen and oxygen atoms in total. The molecule has 1 aliphatic rings. The molecule has 0 saturated heterocycles. The summed E-state index contributed by atoms with van der Waals surface area (Å²) >= 11 is 0. The van der Waals surface area contributed by atoms with E-state index in [1.54, 1.807) is 0 Å². The lowest BCUT2D eigenvalue weighted by Crippen LogP contribution is -2.19. The van der Waals surface area contributed by atoms with Crippen LogP contribution in [0.1, 0.15) is 57.1 Å². The SMILES string of the molecule is CCc1cnc(CNCCC2CCCCC2)o1. The number of nitrogens with zero attached hydrogens (tertiary/aromatic N) is 1. The number of nitrogens with one attached hydrogen (secondary N) is 1. The van der Waals surface area contributed by atoms with Gasteiger partial charge in [0.15, 0.2) is 0 Å². The molecule has 1 aromatic heterocycles. The van der Waals surface area contributed by atoms with E-state index in [0.717, 1.165) is 37.1 Å². The van der Waals surface area contributed by atoms with Crippen LogP contribution in [0.25, 0.3) is 0 Å². The maximum absolute atomic E-state index is 5.55. The van der Waals surface area contributed by atoms with Gasteiger partial charge in [-0.25, -0.2) is 4.98 Å². The van der Waals surface area contributed by atoms with Crippen LogP contribution >= 0.6 is 0 Å². The molecule has 0 unspecified atom stereocenters. The van der Waals surface area contributed by atoms with Crippen molar-refractivity contribution in [1.29, 1.82) is 0 Å². The Balaban J connectivity index is 1.59. The third-order valence-corrected chi connectivity index (χ3v) is 3.68. The van der Waals surface area contributed by atoms with E-state index in [9.17, 15) is 0 Å². The first kappa shape index (κ1) is 12.6. The molecule has 3 heteroatoms. The first-order chi connectivity index (χ1) is 8.38. The Kier molecular flexibility index (Phi) is 5.05. The summed E-state index contributed by atoms with van der Waals surface area (Å²) in [6.07, 6.45) is 11.2. The van der Waals surface area contributed by atoms with Crippen molar-refractivity contribution in [2.45, 2.75) is 58.4 Å². The van der Waals surface area contributed by atoms with E-state index in [1.165, 1.54) is 38.5 Å². The van der Waals surface area contributed by atoms with Gasteiger partial charge in [0.2, 0.25) is 5.89 Å². The van der Waals surface area contributed by atoms with Crippen molar-refractivity contribution in [3.05, 3.63) is 17.8 Å². The summed E-state index contributed by atoms with van der Waals surface area (Å²) in [6, 6.07) is 0. The van der Waals surface area contributed by atoms with Gasteiger partial charge in [-0.3, -0.25) is 0 Å². The Hall–Kier alpha value is -0.830. The highest BCUT2D eigenvalue weighted by atomic mass is 16.4. The summed E-state index contributed by atoms with van der Waals surface area (Å²) in [7, 11) is 0. The van der Waals surface area contributed by atoms with Gasteiger partial charge in [0.05, 0.1) is 12.7 Å². The minimum Gasteiger partial charge on any atom is -0.444 e. The third kappa shape index (κ3) is 4.15. The molecule has 0 atom stereocenters. The molecule has 1 heterocycles. The lowest BCUT2D eigenvalue weighted by atomic mass is 9.87. The number of rotatable bonds is 6. The molecule has 0 aromatic carbocycles. The van der Waals surface area contributed by atoms with Gasteiger partial charge in [0.25, 0.3) is 0 Å². The van der Waals surface area contributed by atoms with Crippen LogP contribution in [0.3, 0.4) is 0 Å². The van der Waals surface area contributed by atoms with E-state index in [1.807, 2.05) is 6.20 Å². The van der Waals surface area contributed by atoms with Gasteiger partial charge in [-0.05, 0) is 18.9 Å². The van der Waals surface area contributed by atoms with E-state index in [-0.39, 0.29) is 0 Å². The zero-order valence-electron chi connectivity index (χ0n) is 10.9. The van der Waals surface area contributed by atoms with Crippen LogP contribution in [-0.4, -0.2) is 11.5 Å². The molecule has 0 spiro atoms. The molecule has 0 bridgehead atoms. The van der Waals surface area contributed by atoms with E-state index < -0.39 is 0 Å². The highest BCUT2D eigenvalue weighted by molar-refractivity contribution is 4.93. The second-order valence-corrected chi connectivity index (χ2v) is 5.04. The van der Waals surface area contributed by atoms with Crippen molar-refractivity contribution < 1.29 is 4.42 Å². The molecular formula is C14H24N2O. The minimum absolute atomic E-state index is 0.771. The van der Waals surface area contributed by atoms with Crippen LogP contribution in [0, 0.1) is 5.92 Å². The lowest BCUT2D eigenvalue weighted by molar-refractivity contribution is 0.330. The fourth-order valence-corrected chi connectivity index (χ4v) is 2.57. The number of oxazole rings is 1. The number of hydrogen-bond donors (Lipinski definition) is 1. The Bertz CT molecular complexity index is 316. The van der Waals surface area contributed by atoms with Crippen LogP contribution in [-0.2, 0) is 13.0 Å². The second kappa shape index (κ2) is 6.80. The number of hydrogen-bond acceptors (Lipinski definition) is 3. The maximum Gasteiger partial charge on any atom is 0.208 e. The quantitative estimate of drug-likeness (QED) is 0.770. The van der Waals surface area contributed by atoms with Crippen LogP contribution in [0.5, 0.6) is 0 Å². The predicted octanol–water partition coefficient (Wildman–Crippen LogP) is 3.30. The molecule has 0 aliphatic heterocycles. The van der Waals surface area contributed by atoms with E-state index in [2.05, 4.69) is 17.2 Å². The summed E-state index contributed by atoms with van der Waals surface area (Å²) in [5.41, 5.74) is 0. The molecule has 1 aliphatic carbocycles. The molecule has 1 fully saturated rings. The van der Waals surface area contributed by atoms with Crippen LogP contribution < -0.4 is 5.32 Å². The second-order valence-electron chi connectivity index (χ2n) is 5.04. The average Bonchev–Trinajstić information content (AvgIpc) is 2.84. The summed E-state index contributed by atoms with van der Waals surface area (Å²) in [4.78, 5) is 4.24. The Morgan fingerprint density at radius 1 is 1.35 bits per heavy atom. The normalized spacial score (nSPS) is 17.5. The summed E-state index contributed by atoms with van der Waals surface area (Å²) in [5.74, 6) is 2.76. The summed E-state index contributed by atoms with van der Waals surface area (Å²) in [6.45, 7) is 3.95. The zero-order valence-corrected chi connectivity index (χ0v) is 10.9. The van der Waals surface area contributed by atoms with Crippen molar-refractivity contribution in [1.82, 2.24) is 10.3 Å². The molecule has 2 rings (SSSR count). The topological polar surface area (TPSA) is 38.1 Å². The van der Waals surface area contributed by atoms with Gasteiger partial charge < -0.3 is 9.73 Å². The molecule has 1 aromatic rings. The Morgan fingerprint density at radius 3 is 2.88 bits per heavy atom.